The third kappa shape index (κ3) is 4.69. The molecule has 0 fully saturated rings. The minimum Gasteiger partial charge on any atom is -0.0971 e. The molecule has 0 aliphatic carbocycles. The quantitative estimate of drug-likeness (QED) is 0.295. The Morgan fingerprint density at radius 1 is 0.913 bits per heavy atom. The van der Waals surface area contributed by atoms with Crippen LogP contribution < -0.4 is 0 Å². The van der Waals surface area contributed by atoms with Crippen molar-refractivity contribution in [2.45, 2.75) is 78.7 Å². The highest BCUT2D eigenvalue weighted by molar-refractivity contribution is 9.97. The monoisotopic (exact) mass is 436 g/mol. The summed E-state index contributed by atoms with van der Waals surface area (Å²) in [5.41, 5.74) is 0. The smallest absolute Gasteiger partial charge is 0.0178 e. The van der Waals surface area contributed by atoms with Crippen LogP contribution in [0.2, 0.25) is 0 Å². The van der Waals surface area contributed by atoms with Crippen molar-refractivity contribution < 1.29 is 0 Å². The predicted molar refractivity (Wildman–Crippen MR) is 132 cm³/mol. The molecule has 23 heavy (non-hydrogen) atoms. The van der Waals surface area contributed by atoms with E-state index in [0.29, 0.717) is 5.25 Å². The highest BCUT2D eigenvalue weighted by atomic mass is 34.4. The van der Waals surface area contributed by atoms with Crippen molar-refractivity contribution in [3.05, 3.63) is 0 Å². The Bertz CT molecular complexity index is 378. The van der Waals surface area contributed by atoms with Crippen LogP contribution in [0.5, 0.6) is 0 Å². The van der Waals surface area contributed by atoms with Crippen molar-refractivity contribution in [3.8, 4) is 0 Å². The van der Waals surface area contributed by atoms with E-state index in [0.717, 1.165) is 5.92 Å². The lowest BCUT2D eigenvalue weighted by atomic mass is 10.3. The maximum absolute atomic E-state index is 2.60. The lowest BCUT2D eigenvalue weighted by molar-refractivity contribution is 0.751. The highest BCUT2D eigenvalue weighted by Gasteiger charge is 2.70. The van der Waals surface area contributed by atoms with Gasteiger partial charge in [-0.2, -0.15) is 0 Å². The van der Waals surface area contributed by atoms with Gasteiger partial charge in [0.1, 0.15) is 0 Å². The number of rotatable bonds is 11. The van der Waals surface area contributed by atoms with E-state index in [1.165, 1.54) is 23.7 Å². The van der Waals surface area contributed by atoms with E-state index in [9.17, 15) is 0 Å². The van der Waals surface area contributed by atoms with Crippen LogP contribution in [0.4, 0.5) is 0 Å². The third-order valence-electron chi connectivity index (χ3n) is 3.56. The first-order chi connectivity index (χ1) is 10.4. The van der Waals surface area contributed by atoms with E-state index in [-0.39, 0.29) is 4.75 Å². The minimum absolute atomic E-state index is 0.258. The fraction of sp³-hybridized carbons (Fsp3) is 1.00. The number of hydrogen-bond acceptors (Lipinski definition) is 5. The molecule has 0 heterocycles. The standard InChI is InChI=1S/C17H40S6/c1-11-13-20-23(18-10,19-12-2,17(7,8)9,22-16(5)6)21-14-15(3)4/h15-16H,11-14H2,1-10H3. The fourth-order valence-electron chi connectivity index (χ4n) is 2.50. The van der Waals surface area contributed by atoms with E-state index in [1.807, 2.05) is 0 Å². The molecule has 0 aliphatic heterocycles. The molecule has 6 heteroatoms. The van der Waals surface area contributed by atoms with E-state index in [1.54, 1.807) is 0 Å². The van der Waals surface area contributed by atoms with E-state index in [4.69, 9.17) is 0 Å². The first-order valence-electron chi connectivity index (χ1n) is 8.68. The lowest BCUT2D eigenvalue weighted by Crippen LogP contribution is -2.39. The van der Waals surface area contributed by atoms with Crippen LogP contribution in [0.3, 0.4) is 0 Å². The van der Waals surface area contributed by atoms with E-state index >= 15 is 0 Å². The largest absolute Gasteiger partial charge is 0.0971 e. The average molecular weight is 437 g/mol. The Morgan fingerprint density at radius 2 is 1.48 bits per heavy atom. The molecule has 0 N–H and O–H groups in total. The Morgan fingerprint density at radius 3 is 1.78 bits per heavy atom. The third-order valence-corrected chi connectivity index (χ3v) is 47.0. The van der Waals surface area contributed by atoms with Crippen molar-refractivity contribution in [1.29, 1.82) is 0 Å². The van der Waals surface area contributed by atoms with Gasteiger partial charge in [-0.25, -0.2) is 0 Å². The van der Waals surface area contributed by atoms with Gasteiger partial charge in [-0.3, -0.25) is 0 Å². The Labute approximate surface area is 164 Å². The zero-order valence-electron chi connectivity index (χ0n) is 16.9. The molecule has 0 spiro atoms. The summed E-state index contributed by atoms with van der Waals surface area (Å²) in [5.74, 6) is 4.44. The second kappa shape index (κ2) is 8.86. The molecule has 0 unspecified atom stereocenters. The van der Waals surface area contributed by atoms with Crippen LogP contribution in [0.15, 0.2) is 0 Å². The molecule has 0 bridgehead atoms. The van der Waals surface area contributed by atoms with Crippen molar-refractivity contribution in [3.63, 3.8) is 0 Å². The van der Waals surface area contributed by atoms with Crippen LogP contribution in [0.1, 0.15) is 68.7 Å². The summed E-state index contributed by atoms with van der Waals surface area (Å²) >= 11 is 0. The summed E-state index contributed by atoms with van der Waals surface area (Å²) in [7, 11) is 11.5. The summed E-state index contributed by atoms with van der Waals surface area (Å²) in [6.07, 6.45) is 3.66. The van der Waals surface area contributed by atoms with Crippen LogP contribution in [-0.4, -0.2) is 33.5 Å². The zero-order valence-corrected chi connectivity index (χ0v) is 21.8. The first kappa shape index (κ1) is 25.1. The predicted octanol–water partition coefficient (Wildman–Crippen LogP) is 9.03. The van der Waals surface area contributed by atoms with Gasteiger partial charge in [0.2, 0.25) is 0 Å². The molecule has 0 amide bonds. The Kier molecular flexibility index (Phi) is 9.67. The molecule has 0 atom stereocenters. The Hall–Kier alpha value is 2.10. The van der Waals surface area contributed by atoms with Gasteiger partial charge in [-0.1, -0.05) is 120 Å². The summed E-state index contributed by atoms with van der Waals surface area (Å²) in [5, 5.41) is 0.645. The maximum Gasteiger partial charge on any atom is 0.0178 e. The van der Waals surface area contributed by atoms with Gasteiger partial charge in [-0.15, -0.1) is 0 Å². The molecule has 0 saturated heterocycles. The Balaban J connectivity index is 6.59. The molecule has 144 valence electrons. The van der Waals surface area contributed by atoms with Gasteiger partial charge in [0.05, 0.1) is 0 Å². The SMILES string of the molecule is CCCSS(SC)(SCC)(SCC(C)C)(SC(C)C)C(C)(C)C. The second-order valence-corrected chi connectivity index (χ2v) is 36.9. The second-order valence-electron chi connectivity index (χ2n) is 7.43. The van der Waals surface area contributed by atoms with Gasteiger partial charge in [0.25, 0.3) is 0 Å². The van der Waals surface area contributed by atoms with Gasteiger partial charge in [-0.05, 0) is 18.6 Å². The van der Waals surface area contributed by atoms with Crippen LogP contribution in [-0.2, 0) is 0 Å². The molecule has 0 rings (SSSR count). The lowest BCUT2D eigenvalue weighted by Gasteiger charge is -2.82. The molecule has 0 aliphatic rings. The van der Waals surface area contributed by atoms with Crippen molar-refractivity contribution in [2.24, 2.45) is 5.92 Å². The molecule has 0 aromatic heterocycles. The van der Waals surface area contributed by atoms with Gasteiger partial charge in [0.15, 0.2) is 0 Å². The van der Waals surface area contributed by atoms with Gasteiger partial charge in [0, 0.05) is 27.3 Å². The maximum atomic E-state index is 2.51. The number of hydrogen-bond donors (Lipinski definition) is 0. The highest BCUT2D eigenvalue weighted by Crippen LogP contribution is 3.25. The van der Waals surface area contributed by atoms with Crippen molar-refractivity contribution in [1.82, 2.24) is 0 Å². The van der Waals surface area contributed by atoms with E-state index < -0.39 is 3.45 Å². The molecule has 0 aromatic rings. The summed E-state index contributed by atoms with van der Waals surface area (Å²) in [6.45, 7) is 21.8. The summed E-state index contributed by atoms with van der Waals surface area (Å²) < 4.78 is -2.34. The summed E-state index contributed by atoms with van der Waals surface area (Å²) in [6, 6.07) is 0. The van der Waals surface area contributed by atoms with Crippen LogP contribution in [0, 0.1) is 5.92 Å². The van der Waals surface area contributed by atoms with Gasteiger partial charge >= 0.3 is 0 Å². The zero-order chi connectivity index (χ0) is 18.4. The van der Waals surface area contributed by atoms with Crippen molar-refractivity contribution >= 4 is 57.4 Å². The molecule has 0 aromatic carbocycles. The molecule has 0 saturated carbocycles. The van der Waals surface area contributed by atoms with Crippen LogP contribution in [0.25, 0.3) is 0 Å². The van der Waals surface area contributed by atoms with Crippen LogP contribution >= 0.6 is 57.4 Å². The molecule has 0 nitrogen and oxygen atoms in total. The summed E-state index contributed by atoms with van der Waals surface area (Å²) in [4.78, 5) is 0. The topological polar surface area (TPSA) is 0 Å². The van der Waals surface area contributed by atoms with Crippen molar-refractivity contribution in [2.75, 3.05) is 23.5 Å². The fourth-order valence-corrected chi connectivity index (χ4v) is 42.7. The molecular weight excluding hydrogens is 397 g/mol. The van der Waals surface area contributed by atoms with Gasteiger partial charge < -0.3 is 0 Å². The minimum atomic E-state index is -2.60. The van der Waals surface area contributed by atoms with E-state index in [2.05, 4.69) is 123 Å². The first-order valence-corrected chi connectivity index (χ1v) is 18.8. The normalized spacial score (nSPS) is 16.7. The average Bonchev–Trinajstić information content (AvgIpc) is 2.42. The molecular formula is C17H40S6. The molecule has 0 radical (unpaired) electrons.